The lowest BCUT2D eigenvalue weighted by atomic mass is 9.86. The molecule has 0 fully saturated rings. The fourth-order valence-electron chi connectivity index (χ4n) is 2.55. The number of hydrogen-bond acceptors (Lipinski definition) is 6. The fourth-order valence-corrected chi connectivity index (χ4v) is 2.55. The normalized spacial score (nSPS) is 22.5. The van der Waals surface area contributed by atoms with Gasteiger partial charge >= 0.3 is 0 Å². The van der Waals surface area contributed by atoms with Crippen molar-refractivity contribution in [2.75, 3.05) is 13.2 Å². The molecular formula is C16H25NO5. The highest BCUT2D eigenvalue weighted by Gasteiger charge is 2.29. The zero-order valence-corrected chi connectivity index (χ0v) is 13.0. The number of aliphatic hydroxyl groups is 3. The van der Waals surface area contributed by atoms with Gasteiger partial charge in [-0.2, -0.15) is 0 Å². The minimum absolute atomic E-state index is 0.0929. The van der Waals surface area contributed by atoms with Gasteiger partial charge in [-0.3, -0.25) is 0 Å². The molecule has 1 aromatic carbocycles. The van der Waals surface area contributed by atoms with E-state index >= 15 is 0 Å². The summed E-state index contributed by atoms with van der Waals surface area (Å²) in [6.07, 6.45) is -1.98. The Morgan fingerprint density at radius 1 is 1.18 bits per heavy atom. The molecule has 0 saturated heterocycles. The van der Waals surface area contributed by atoms with Crippen molar-refractivity contribution in [2.24, 2.45) is 0 Å². The van der Waals surface area contributed by atoms with Crippen LogP contribution < -0.4 is 10.1 Å². The molecule has 0 bridgehead atoms. The Hall–Kier alpha value is -1.34. The van der Waals surface area contributed by atoms with Crippen LogP contribution in [0.25, 0.3) is 0 Å². The number of phenols is 1. The molecule has 2 rings (SSSR count). The molecule has 1 aliphatic carbocycles. The molecule has 1 aliphatic rings. The third-order valence-electron chi connectivity index (χ3n) is 3.83. The summed E-state index contributed by atoms with van der Waals surface area (Å²) in [7, 11) is 0. The molecule has 22 heavy (non-hydrogen) atoms. The van der Waals surface area contributed by atoms with Gasteiger partial charge in [0.25, 0.3) is 0 Å². The van der Waals surface area contributed by atoms with Crippen molar-refractivity contribution in [3.8, 4) is 11.5 Å². The summed E-state index contributed by atoms with van der Waals surface area (Å²) in [6.45, 7) is 4.54. The highest BCUT2D eigenvalue weighted by Crippen LogP contribution is 2.35. The molecule has 5 N–H and O–H groups in total. The Morgan fingerprint density at radius 3 is 2.45 bits per heavy atom. The number of nitrogens with one attached hydrogen (secondary N) is 1. The molecule has 0 aliphatic heterocycles. The van der Waals surface area contributed by atoms with E-state index < -0.39 is 18.3 Å². The van der Waals surface area contributed by atoms with Crippen molar-refractivity contribution < 1.29 is 25.2 Å². The predicted octanol–water partition coefficient (Wildman–Crippen LogP) is -0.0497. The Morgan fingerprint density at radius 2 is 1.82 bits per heavy atom. The molecular weight excluding hydrogens is 286 g/mol. The number of hydrogen-bond donors (Lipinski definition) is 5. The van der Waals surface area contributed by atoms with Crippen molar-refractivity contribution >= 4 is 0 Å². The Kier molecular flexibility index (Phi) is 5.63. The molecule has 0 amide bonds. The quantitative estimate of drug-likeness (QED) is 0.505. The second kappa shape index (κ2) is 7.28. The van der Waals surface area contributed by atoms with Gasteiger partial charge in [-0.25, -0.2) is 0 Å². The standard InChI is InChI=1S/C16H25NO5/c1-9(2)17-7-10(18)8-22-16-4-3-13(19)11-5-14(20)15(21)6-12(11)16/h3-4,9-10,14-15,17-21H,5-8H2,1-2H3/t10?,14-,15+/m1/s1. The lowest BCUT2D eigenvalue weighted by Crippen LogP contribution is -2.36. The molecule has 3 atom stereocenters. The maximum Gasteiger partial charge on any atom is 0.123 e. The zero-order valence-electron chi connectivity index (χ0n) is 13.0. The van der Waals surface area contributed by atoms with E-state index in [9.17, 15) is 20.4 Å². The lowest BCUT2D eigenvalue weighted by molar-refractivity contribution is 0.0127. The highest BCUT2D eigenvalue weighted by molar-refractivity contribution is 5.50. The van der Waals surface area contributed by atoms with Gasteiger partial charge in [0, 0.05) is 36.6 Å². The summed E-state index contributed by atoms with van der Waals surface area (Å²) in [5.41, 5.74) is 1.30. The van der Waals surface area contributed by atoms with Crippen molar-refractivity contribution in [1.29, 1.82) is 0 Å². The molecule has 1 aromatic rings. The molecule has 1 unspecified atom stereocenters. The van der Waals surface area contributed by atoms with Crippen LogP contribution in [0.4, 0.5) is 0 Å². The molecule has 0 heterocycles. The van der Waals surface area contributed by atoms with E-state index in [0.29, 0.717) is 23.4 Å². The van der Waals surface area contributed by atoms with Crippen LogP contribution in [0.1, 0.15) is 25.0 Å². The topological polar surface area (TPSA) is 102 Å². The first-order chi connectivity index (χ1) is 10.4. The molecule has 0 aromatic heterocycles. The van der Waals surface area contributed by atoms with Crippen LogP contribution in [0.15, 0.2) is 12.1 Å². The molecule has 6 heteroatoms. The minimum Gasteiger partial charge on any atom is -0.508 e. The second-order valence-electron chi connectivity index (χ2n) is 6.11. The van der Waals surface area contributed by atoms with E-state index in [2.05, 4.69) is 5.32 Å². The highest BCUT2D eigenvalue weighted by atomic mass is 16.5. The van der Waals surface area contributed by atoms with Crippen molar-refractivity contribution in [1.82, 2.24) is 5.32 Å². The molecule has 0 saturated carbocycles. The first-order valence-corrected chi connectivity index (χ1v) is 7.62. The number of aromatic hydroxyl groups is 1. The average Bonchev–Trinajstić information content (AvgIpc) is 2.46. The number of benzene rings is 1. The molecule has 0 spiro atoms. The van der Waals surface area contributed by atoms with Gasteiger partial charge in [-0.15, -0.1) is 0 Å². The summed E-state index contributed by atoms with van der Waals surface area (Å²) in [5, 5.41) is 42.5. The first-order valence-electron chi connectivity index (χ1n) is 7.62. The molecule has 6 nitrogen and oxygen atoms in total. The summed E-state index contributed by atoms with van der Waals surface area (Å²) in [6, 6.07) is 3.42. The number of fused-ring (bicyclic) bond motifs is 1. The SMILES string of the molecule is CC(C)NCC(O)COc1ccc(O)c2c1C[C@H](O)[C@H](O)C2. The van der Waals surface area contributed by atoms with E-state index in [1.165, 1.54) is 6.07 Å². The molecule has 124 valence electrons. The first kappa shape index (κ1) is 17.0. The largest absolute Gasteiger partial charge is 0.508 e. The third-order valence-corrected chi connectivity index (χ3v) is 3.83. The Labute approximate surface area is 130 Å². The summed E-state index contributed by atoms with van der Waals surface area (Å²) < 4.78 is 5.64. The number of phenolic OH excluding ortho intramolecular Hbond substituents is 1. The van der Waals surface area contributed by atoms with Gasteiger partial charge < -0.3 is 30.5 Å². The Balaban J connectivity index is 2.05. The van der Waals surface area contributed by atoms with Crippen LogP contribution >= 0.6 is 0 Å². The van der Waals surface area contributed by atoms with E-state index in [-0.39, 0.29) is 31.2 Å². The lowest BCUT2D eigenvalue weighted by Gasteiger charge is -2.28. The summed E-state index contributed by atoms with van der Waals surface area (Å²) in [4.78, 5) is 0. The van der Waals surface area contributed by atoms with Gasteiger partial charge in [-0.05, 0) is 12.1 Å². The van der Waals surface area contributed by atoms with Crippen molar-refractivity contribution in [3.63, 3.8) is 0 Å². The van der Waals surface area contributed by atoms with Gasteiger partial charge in [0.2, 0.25) is 0 Å². The third kappa shape index (κ3) is 4.10. The van der Waals surface area contributed by atoms with Crippen molar-refractivity contribution in [2.45, 2.75) is 51.0 Å². The van der Waals surface area contributed by atoms with Crippen LogP contribution in [-0.2, 0) is 12.8 Å². The monoisotopic (exact) mass is 311 g/mol. The van der Waals surface area contributed by atoms with Gasteiger partial charge in [0.05, 0.1) is 12.2 Å². The van der Waals surface area contributed by atoms with Crippen molar-refractivity contribution in [3.05, 3.63) is 23.3 Å². The van der Waals surface area contributed by atoms with Gasteiger partial charge in [0.1, 0.15) is 24.2 Å². The minimum atomic E-state index is -0.880. The van der Waals surface area contributed by atoms with Gasteiger partial charge in [0.15, 0.2) is 0 Å². The van der Waals surface area contributed by atoms with Crippen LogP contribution in [-0.4, -0.2) is 57.9 Å². The zero-order chi connectivity index (χ0) is 16.3. The fraction of sp³-hybridized carbons (Fsp3) is 0.625. The second-order valence-corrected chi connectivity index (χ2v) is 6.11. The summed E-state index contributed by atoms with van der Waals surface area (Å²) in [5.74, 6) is 0.623. The number of aliphatic hydroxyl groups excluding tert-OH is 3. The number of ether oxygens (including phenoxy) is 1. The predicted molar refractivity (Wildman–Crippen MR) is 82.2 cm³/mol. The van der Waals surface area contributed by atoms with E-state index in [1.54, 1.807) is 6.07 Å². The van der Waals surface area contributed by atoms with Gasteiger partial charge in [-0.1, -0.05) is 13.8 Å². The molecule has 0 radical (unpaired) electrons. The van der Waals surface area contributed by atoms with E-state index in [1.807, 2.05) is 13.8 Å². The summed E-state index contributed by atoms with van der Waals surface area (Å²) >= 11 is 0. The van der Waals surface area contributed by atoms with Crippen LogP contribution in [0, 0.1) is 0 Å². The Bertz CT molecular complexity index is 506. The van der Waals surface area contributed by atoms with E-state index in [0.717, 1.165) is 0 Å². The maximum atomic E-state index is 9.90. The number of rotatable bonds is 6. The maximum absolute atomic E-state index is 9.90. The van der Waals surface area contributed by atoms with Crippen LogP contribution in [0.2, 0.25) is 0 Å². The van der Waals surface area contributed by atoms with E-state index in [4.69, 9.17) is 4.74 Å². The van der Waals surface area contributed by atoms with Crippen LogP contribution in [0.5, 0.6) is 11.5 Å². The van der Waals surface area contributed by atoms with Crippen LogP contribution in [0.3, 0.4) is 0 Å². The average molecular weight is 311 g/mol. The smallest absolute Gasteiger partial charge is 0.123 e.